The minimum atomic E-state index is 0.192. The fourth-order valence-corrected chi connectivity index (χ4v) is 2.16. The predicted molar refractivity (Wildman–Crippen MR) is 70.7 cm³/mol. The van der Waals surface area contributed by atoms with Gasteiger partial charge in [0.05, 0.1) is 11.4 Å². The van der Waals surface area contributed by atoms with Crippen molar-refractivity contribution in [3.8, 4) is 0 Å². The standard InChI is InChI=1S/C14H18N2O/c1-9-3-4-14(13(15)7-9)16-11-5-10(2)6-12(17)8-11/h3-4,7-8,10,16H,5-6,15H2,1-2H3. The highest BCUT2D eigenvalue weighted by molar-refractivity contribution is 5.92. The van der Waals surface area contributed by atoms with Crippen LogP contribution in [0.3, 0.4) is 0 Å². The van der Waals surface area contributed by atoms with Crippen molar-refractivity contribution in [2.24, 2.45) is 5.92 Å². The molecule has 17 heavy (non-hydrogen) atoms. The number of rotatable bonds is 2. The molecule has 1 aliphatic rings. The Kier molecular flexibility index (Phi) is 3.18. The second-order valence-electron chi connectivity index (χ2n) is 4.87. The van der Waals surface area contributed by atoms with Gasteiger partial charge in [0.15, 0.2) is 5.78 Å². The molecule has 0 heterocycles. The van der Waals surface area contributed by atoms with Gasteiger partial charge in [-0.25, -0.2) is 0 Å². The molecular weight excluding hydrogens is 212 g/mol. The summed E-state index contributed by atoms with van der Waals surface area (Å²) in [5.74, 6) is 0.596. The van der Waals surface area contributed by atoms with Gasteiger partial charge in [0.25, 0.3) is 0 Å². The molecular formula is C14H18N2O. The minimum Gasteiger partial charge on any atom is -0.397 e. The van der Waals surface area contributed by atoms with E-state index in [4.69, 9.17) is 5.73 Å². The maximum Gasteiger partial charge on any atom is 0.157 e. The topological polar surface area (TPSA) is 55.1 Å². The number of nitrogens with two attached hydrogens (primary N) is 1. The second kappa shape index (κ2) is 4.62. The van der Waals surface area contributed by atoms with Crippen LogP contribution in [-0.4, -0.2) is 5.78 Å². The van der Waals surface area contributed by atoms with Gasteiger partial charge in [-0.05, 0) is 37.0 Å². The Morgan fingerprint density at radius 1 is 1.35 bits per heavy atom. The first-order valence-corrected chi connectivity index (χ1v) is 5.91. The fraction of sp³-hybridized carbons (Fsp3) is 0.357. The highest BCUT2D eigenvalue weighted by Gasteiger charge is 2.17. The third-order valence-electron chi connectivity index (χ3n) is 2.96. The molecule has 0 saturated carbocycles. The van der Waals surface area contributed by atoms with E-state index in [-0.39, 0.29) is 5.78 Å². The number of carbonyl (C=O) groups excluding carboxylic acids is 1. The van der Waals surface area contributed by atoms with Crippen LogP contribution in [0, 0.1) is 12.8 Å². The Morgan fingerprint density at radius 3 is 2.76 bits per heavy atom. The lowest BCUT2D eigenvalue weighted by Crippen LogP contribution is -2.16. The first-order chi connectivity index (χ1) is 8.04. The number of aryl methyl sites for hydroxylation is 1. The molecule has 90 valence electrons. The molecule has 0 saturated heterocycles. The van der Waals surface area contributed by atoms with Crippen LogP contribution in [0.15, 0.2) is 30.0 Å². The third kappa shape index (κ3) is 2.87. The summed E-state index contributed by atoms with van der Waals surface area (Å²) in [6, 6.07) is 5.89. The Morgan fingerprint density at radius 2 is 2.12 bits per heavy atom. The average Bonchev–Trinajstić information content (AvgIpc) is 2.21. The smallest absolute Gasteiger partial charge is 0.157 e. The highest BCUT2D eigenvalue weighted by atomic mass is 16.1. The van der Waals surface area contributed by atoms with Gasteiger partial charge in [0, 0.05) is 18.2 Å². The maximum absolute atomic E-state index is 11.5. The molecule has 3 N–H and O–H groups in total. The van der Waals surface area contributed by atoms with Crippen molar-refractivity contribution >= 4 is 17.2 Å². The molecule has 0 aromatic heterocycles. The first kappa shape index (κ1) is 11.7. The molecule has 1 aromatic carbocycles. The number of hydrogen-bond acceptors (Lipinski definition) is 3. The lowest BCUT2D eigenvalue weighted by molar-refractivity contribution is -0.115. The van der Waals surface area contributed by atoms with Gasteiger partial charge in [-0.3, -0.25) is 4.79 Å². The van der Waals surface area contributed by atoms with Gasteiger partial charge in [0.2, 0.25) is 0 Å². The lowest BCUT2D eigenvalue weighted by Gasteiger charge is -2.20. The number of carbonyl (C=O) groups is 1. The molecule has 2 rings (SSSR count). The SMILES string of the molecule is Cc1ccc(NC2=CC(=O)CC(C)C2)c(N)c1. The summed E-state index contributed by atoms with van der Waals surface area (Å²) in [5.41, 5.74) is 9.63. The summed E-state index contributed by atoms with van der Waals surface area (Å²) >= 11 is 0. The van der Waals surface area contributed by atoms with E-state index in [0.29, 0.717) is 12.3 Å². The number of allylic oxidation sites excluding steroid dienone is 2. The van der Waals surface area contributed by atoms with Crippen molar-refractivity contribution in [3.63, 3.8) is 0 Å². The first-order valence-electron chi connectivity index (χ1n) is 5.91. The molecule has 0 amide bonds. The van der Waals surface area contributed by atoms with Gasteiger partial charge in [-0.2, -0.15) is 0 Å². The van der Waals surface area contributed by atoms with Crippen molar-refractivity contribution in [1.29, 1.82) is 0 Å². The Labute approximate surface area is 102 Å². The van der Waals surface area contributed by atoms with Gasteiger partial charge in [-0.1, -0.05) is 13.0 Å². The zero-order valence-corrected chi connectivity index (χ0v) is 10.3. The van der Waals surface area contributed by atoms with E-state index in [1.165, 1.54) is 0 Å². The molecule has 1 aliphatic carbocycles. The lowest BCUT2D eigenvalue weighted by atomic mass is 9.93. The monoisotopic (exact) mass is 230 g/mol. The van der Waals surface area contributed by atoms with E-state index in [1.54, 1.807) is 6.08 Å². The van der Waals surface area contributed by atoms with Crippen molar-refractivity contribution in [1.82, 2.24) is 0 Å². The van der Waals surface area contributed by atoms with Crippen LogP contribution >= 0.6 is 0 Å². The molecule has 0 bridgehead atoms. The zero-order valence-electron chi connectivity index (χ0n) is 10.3. The van der Waals surface area contributed by atoms with Crippen LogP contribution in [0.25, 0.3) is 0 Å². The van der Waals surface area contributed by atoms with E-state index in [9.17, 15) is 4.79 Å². The van der Waals surface area contributed by atoms with Crippen molar-refractivity contribution in [2.45, 2.75) is 26.7 Å². The van der Waals surface area contributed by atoms with Crippen molar-refractivity contribution in [2.75, 3.05) is 11.1 Å². The van der Waals surface area contributed by atoms with Gasteiger partial charge in [0.1, 0.15) is 0 Å². The number of nitrogens with one attached hydrogen (secondary N) is 1. The predicted octanol–water partition coefficient (Wildman–Crippen LogP) is 2.87. The van der Waals surface area contributed by atoms with E-state index in [1.807, 2.05) is 25.1 Å². The summed E-state index contributed by atoms with van der Waals surface area (Å²) in [4.78, 5) is 11.5. The van der Waals surface area contributed by atoms with Crippen LogP contribution in [-0.2, 0) is 4.79 Å². The molecule has 0 radical (unpaired) electrons. The van der Waals surface area contributed by atoms with Crippen LogP contribution in [0.5, 0.6) is 0 Å². The molecule has 0 aliphatic heterocycles. The van der Waals surface area contributed by atoms with Crippen molar-refractivity contribution < 1.29 is 4.79 Å². The molecule has 3 nitrogen and oxygen atoms in total. The van der Waals surface area contributed by atoms with E-state index >= 15 is 0 Å². The van der Waals surface area contributed by atoms with Gasteiger partial charge in [-0.15, -0.1) is 0 Å². The number of ketones is 1. The van der Waals surface area contributed by atoms with E-state index in [2.05, 4.69) is 12.2 Å². The van der Waals surface area contributed by atoms with Crippen LogP contribution in [0.4, 0.5) is 11.4 Å². The van der Waals surface area contributed by atoms with Crippen LogP contribution in [0.1, 0.15) is 25.3 Å². The summed E-state index contributed by atoms with van der Waals surface area (Å²) in [7, 11) is 0. The summed E-state index contributed by atoms with van der Waals surface area (Å²) in [5, 5.41) is 3.25. The number of anilines is 2. The Balaban J connectivity index is 2.18. The van der Waals surface area contributed by atoms with E-state index < -0.39 is 0 Å². The van der Waals surface area contributed by atoms with Gasteiger partial charge >= 0.3 is 0 Å². The van der Waals surface area contributed by atoms with Crippen molar-refractivity contribution in [3.05, 3.63) is 35.5 Å². The Hall–Kier alpha value is -1.77. The molecule has 1 unspecified atom stereocenters. The summed E-state index contributed by atoms with van der Waals surface area (Å²) in [6.07, 6.45) is 3.24. The van der Waals surface area contributed by atoms with Crippen LogP contribution in [0.2, 0.25) is 0 Å². The highest BCUT2D eigenvalue weighted by Crippen LogP contribution is 2.26. The van der Waals surface area contributed by atoms with Gasteiger partial charge < -0.3 is 11.1 Å². The summed E-state index contributed by atoms with van der Waals surface area (Å²) in [6.45, 7) is 4.09. The summed E-state index contributed by atoms with van der Waals surface area (Å²) < 4.78 is 0. The normalized spacial score (nSPS) is 20.0. The molecule has 1 aromatic rings. The maximum atomic E-state index is 11.5. The number of hydrogen-bond donors (Lipinski definition) is 2. The molecule has 1 atom stereocenters. The largest absolute Gasteiger partial charge is 0.397 e. The number of benzene rings is 1. The number of nitrogen functional groups attached to an aromatic ring is 1. The molecule has 0 fully saturated rings. The van der Waals surface area contributed by atoms with E-state index in [0.717, 1.165) is 29.1 Å². The zero-order chi connectivity index (χ0) is 12.4. The average molecular weight is 230 g/mol. The van der Waals surface area contributed by atoms with Crippen LogP contribution < -0.4 is 11.1 Å². The second-order valence-corrected chi connectivity index (χ2v) is 4.87. The minimum absolute atomic E-state index is 0.192. The molecule has 0 spiro atoms. The molecule has 3 heteroatoms. The Bertz CT molecular complexity index is 477. The quantitative estimate of drug-likeness (QED) is 0.768. The fourth-order valence-electron chi connectivity index (χ4n) is 2.16. The third-order valence-corrected chi connectivity index (χ3v) is 2.96.